The van der Waals surface area contributed by atoms with E-state index in [0.717, 1.165) is 30.9 Å². The maximum Gasteiger partial charge on any atom is 0.0917 e. The van der Waals surface area contributed by atoms with Crippen molar-refractivity contribution in [3.05, 3.63) is 35.4 Å². The van der Waals surface area contributed by atoms with Gasteiger partial charge >= 0.3 is 0 Å². The van der Waals surface area contributed by atoms with Crippen LogP contribution >= 0.6 is 12.4 Å². The summed E-state index contributed by atoms with van der Waals surface area (Å²) in [4.78, 5) is 0. The fraction of sp³-hybridized carbons (Fsp3) is 0.667. The summed E-state index contributed by atoms with van der Waals surface area (Å²) in [7, 11) is 0. The Labute approximate surface area is 145 Å². The molecule has 1 aliphatic carbocycles. The third-order valence-electron chi connectivity index (χ3n) is 5.16. The van der Waals surface area contributed by atoms with Gasteiger partial charge in [-0.2, -0.15) is 0 Å². The first-order valence-electron chi connectivity index (χ1n) is 8.54. The van der Waals surface area contributed by atoms with Gasteiger partial charge in [-0.05, 0) is 36.8 Å². The number of aryl methyl sites for hydroxylation is 1. The molecule has 1 aromatic rings. The van der Waals surface area contributed by atoms with Crippen molar-refractivity contribution in [2.45, 2.75) is 44.4 Å². The van der Waals surface area contributed by atoms with E-state index in [9.17, 15) is 5.11 Å². The number of halogens is 1. The topological polar surface area (TPSA) is 53.5 Å². The van der Waals surface area contributed by atoms with Gasteiger partial charge in [-0.1, -0.05) is 30.7 Å². The first-order valence-corrected chi connectivity index (χ1v) is 8.54. The zero-order valence-corrected chi connectivity index (χ0v) is 14.6. The first-order chi connectivity index (χ1) is 10.8. The zero-order chi connectivity index (χ0) is 15.4. The van der Waals surface area contributed by atoms with Crippen molar-refractivity contribution in [1.29, 1.82) is 0 Å². The molecule has 2 aliphatic rings. The molecule has 1 heterocycles. The van der Waals surface area contributed by atoms with E-state index in [2.05, 4.69) is 23.6 Å². The molecule has 5 heteroatoms. The molecule has 0 amide bonds. The summed E-state index contributed by atoms with van der Waals surface area (Å²) in [5, 5.41) is 17.7. The van der Waals surface area contributed by atoms with Crippen molar-refractivity contribution in [2.75, 3.05) is 26.3 Å². The first kappa shape index (κ1) is 18.7. The number of aliphatic hydroxyl groups excluding tert-OH is 1. The molecular weight excluding hydrogens is 312 g/mol. The molecule has 1 saturated heterocycles. The van der Waals surface area contributed by atoms with Gasteiger partial charge in [-0.3, -0.25) is 0 Å². The van der Waals surface area contributed by atoms with Crippen LogP contribution in [0, 0.1) is 12.8 Å². The lowest BCUT2D eigenvalue weighted by atomic mass is 9.93. The molecule has 2 fully saturated rings. The molecule has 0 bridgehead atoms. The Morgan fingerprint density at radius 2 is 2.17 bits per heavy atom. The Morgan fingerprint density at radius 3 is 2.91 bits per heavy atom. The van der Waals surface area contributed by atoms with E-state index in [1.165, 1.54) is 19.3 Å². The fourth-order valence-electron chi connectivity index (χ4n) is 3.92. The predicted octanol–water partition coefficient (Wildman–Crippen LogP) is 2.20. The van der Waals surface area contributed by atoms with E-state index < -0.39 is 6.10 Å². The van der Waals surface area contributed by atoms with Crippen molar-refractivity contribution in [1.82, 2.24) is 10.6 Å². The number of hydrogen-bond donors (Lipinski definition) is 3. The quantitative estimate of drug-likeness (QED) is 0.769. The highest BCUT2D eigenvalue weighted by Crippen LogP contribution is 2.30. The molecule has 1 aliphatic heterocycles. The highest BCUT2D eigenvalue weighted by Gasteiger charge is 2.34. The van der Waals surface area contributed by atoms with Crippen LogP contribution in [-0.2, 0) is 4.74 Å². The number of benzene rings is 1. The molecule has 0 spiro atoms. The van der Waals surface area contributed by atoms with Crippen LogP contribution in [0.2, 0.25) is 0 Å². The second-order valence-corrected chi connectivity index (χ2v) is 6.62. The van der Waals surface area contributed by atoms with Gasteiger partial charge in [0.25, 0.3) is 0 Å². The maximum absolute atomic E-state index is 10.5. The highest BCUT2D eigenvalue weighted by molar-refractivity contribution is 5.85. The molecule has 3 N–H and O–H groups in total. The van der Waals surface area contributed by atoms with E-state index >= 15 is 0 Å². The van der Waals surface area contributed by atoms with E-state index in [1.807, 2.05) is 18.2 Å². The molecule has 0 radical (unpaired) electrons. The number of rotatable bonds is 5. The average Bonchev–Trinajstić information content (AvgIpc) is 3.02. The number of ether oxygens (including phenoxy) is 1. The van der Waals surface area contributed by atoms with E-state index in [0.29, 0.717) is 24.5 Å². The monoisotopic (exact) mass is 340 g/mol. The minimum absolute atomic E-state index is 0. The van der Waals surface area contributed by atoms with E-state index in [-0.39, 0.29) is 12.4 Å². The summed E-state index contributed by atoms with van der Waals surface area (Å²) in [6, 6.07) is 9.03. The maximum atomic E-state index is 10.5. The molecule has 130 valence electrons. The smallest absolute Gasteiger partial charge is 0.0917 e. The summed E-state index contributed by atoms with van der Waals surface area (Å²) in [5.41, 5.74) is 2.19. The van der Waals surface area contributed by atoms with E-state index in [1.54, 1.807) is 0 Å². The van der Waals surface area contributed by atoms with Crippen molar-refractivity contribution < 1.29 is 9.84 Å². The SMILES string of the molecule is Cc1ccccc1C(O)CNC1CCCC1C1COCCN1.Cl. The molecule has 23 heavy (non-hydrogen) atoms. The third kappa shape index (κ3) is 4.68. The molecule has 1 aromatic carbocycles. The Bertz CT molecular complexity index is 480. The largest absolute Gasteiger partial charge is 0.387 e. The van der Waals surface area contributed by atoms with Gasteiger partial charge in [0.1, 0.15) is 0 Å². The van der Waals surface area contributed by atoms with Gasteiger partial charge in [-0.25, -0.2) is 0 Å². The number of hydrogen-bond acceptors (Lipinski definition) is 4. The number of morpholine rings is 1. The van der Waals surface area contributed by atoms with Crippen LogP contribution in [-0.4, -0.2) is 43.5 Å². The average molecular weight is 341 g/mol. The van der Waals surface area contributed by atoms with E-state index in [4.69, 9.17) is 4.74 Å². The summed E-state index contributed by atoms with van der Waals surface area (Å²) < 4.78 is 5.61. The molecular formula is C18H29ClN2O2. The summed E-state index contributed by atoms with van der Waals surface area (Å²) in [6.07, 6.45) is 3.28. The Kier molecular flexibility index (Phi) is 7.31. The van der Waals surface area contributed by atoms with Gasteiger partial charge in [0.2, 0.25) is 0 Å². The summed E-state index contributed by atoms with van der Waals surface area (Å²) in [6.45, 7) is 5.29. The molecule has 4 nitrogen and oxygen atoms in total. The Hall–Kier alpha value is -0.650. The van der Waals surface area contributed by atoms with Gasteiger partial charge in [0.15, 0.2) is 0 Å². The van der Waals surface area contributed by atoms with Crippen LogP contribution in [0.4, 0.5) is 0 Å². The van der Waals surface area contributed by atoms with Gasteiger partial charge < -0.3 is 20.5 Å². The molecule has 1 saturated carbocycles. The lowest BCUT2D eigenvalue weighted by Gasteiger charge is -2.33. The minimum atomic E-state index is -0.432. The van der Waals surface area contributed by atoms with Crippen LogP contribution in [0.25, 0.3) is 0 Å². The van der Waals surface area contributed by atoms with Gasteiger partial charge in [0.05, 0.1) is 19.3 Å². The lowest BCUT2D eigenvalue weighted by molar-refractivity contribution is 0.0513. The Balaban J connectivity index is 0.00000192. The van der Waals surface area contributed by atoms with Crippen LogP contribution in [0.1, 0.15) is 36.5 Å². The molecule has 4 atom stereocenters. The van der Waals surface area contributed by atoms with Crippen LogP contribution in [0.15, 0.2) is 24.3 Å². The van der Waals surface area contributed by atoms with Crippen molar-refractivity contribution in [3.8, 4) is 0 Å². The standard InChI is InChI=1S/C18H28N2O2.ClH/c1-13-5-2-3-6-14(13)18(21)11-20-16-8-4-7-15(16)17-12-22-10-9-19-17;/h2-3,5-6,15-21H,4,7-12H2,1H3;1H. The number of nitrogens with one attached hydrogen (secondary N) is 2. The second-order valence-electron chi connectivity index (χ2n) is 6.62. The zero-order valence-electron chi connectivity index (χ0n) is 13.8. The third-order valence-corrected chi connectivity index (χ3v) is 5.16. The fourth-order valence-corrected chi connectivity index (χ4v) is 3.92. The Morgan fingerprint density at radius 1 is 1.35 bits per heavy atom. The van der Waals surface area contributed by atoms with Crippen LogP contribution in [0.5, 0.6) is 0 Å². The second kappa shape index (κ2) is 9.00. The molecule has 0 aromatic heterocycles. The normalized spacial score (nSPS) is 29.0. The molecule has 4 unspecified atom stereocenters. The minimum Gasteiger partial charge on any atom is -0.387 e. The van der Waals surface area contributed by atoms with Crippen molar-refractivity contribution in [2.24, 2.45) is 5.92 Å². The van der Waals surface area contributed by atoms with Crippen molar-refractivity contribution >= 4 is 12.4 Å². The predicted molar refractivity (Wildman–Crippen MR) is 95.1 cm³/mol. The van der Waals surface area contributed by atoms with Gasteiger partial charge in [0, 0.05) is 25.2 Å². The summed E-state index contributed by atoms with van der Waals surface area (Å²) >= 11 is 0. The summed E-state index contributed by atoms with van der Waals surface area (Å²) in [5.74, 6) is 0.615. The molecule has 3 rings (SSSR count). The lowest BCUT2D eigenvalue weighted by Crippen LogP contribution is -2.51. The van der Waals surface area contributed by atoms with Crippen LogP contribution < -0.4 is 10.6 Å². The van der Waals surface area contributed by atoms with Gasteiger partial charge in [-0.15, -0.1) is 12.4 Å². The van der Waals surface area contributed by atoms with Crippen molar-refractivity contribution in [3.63, 3.8) is 0 Å². The number of aliphatic hydroxyl groups is 1. The van der Waals surface area contributed by atoms with Crippen LogP contribution in [0.3, 0.4) is 0 Å². The highest BCUT2D eigenvalue weighted by atomic mass is 35.5.